The molecule has 128 valence electrons. The Morgan fingerprint density at radius 3 is 2.57 bits per heavy atom. The van der Waals surface area contributed by atoms with E-state index in [0.29, 0.717) is 18.8 Å². The number of nitrogens with zero attached hydrogens (tertiary/aromatic N) is 1. The molecule has 0 spiro atoms. The maximum absolute atomic E-state index is 12.4. The number of aromatic nitrogens is 1. The number of rotatable bonds is 6. The molecule has 1 saturated heterocycles. The molecule has 23 heavy (non-hydrogen) atoms. The van der Waals surface area contributed by atoms with Crippen molar-refractivity contribution in [3.63, 3.8) is 0 Å². The first-order chi connectivity index (χ1) is 11.0. The third kappa shape index (κ3) is 3.93. The topological polar surface area (TPSA) is 80.6 Å². The summed E-state index contributed by atoms with van der Waals surface area (Å²) in [5.74, 6) is -1.55. The Labute approximate surface area is 136 Å². The van der Waals surface area contributed by atoms with Gasteiger partial charge in [-0.15, -0.1) is 0 Å². The average Bonchev–Trinajstić information content (AvgIpc) is 2.82. The van der Waals surface area contributed by atoms with Crippen LogP contribution in [0.5, 0.6) is 0 Å². The molecule has 0 radical (unpaired) electrons. The van der Waals surface area contributed by atoms with Crippen molar-refractivity contribution in [2.75, 3.05) is 19.8 Å². The number of amides is 1. The number of aryl methyl sites for hydroxylation is 1. The van der Waals surface area contributed by atoms with Gasteiger partial charge in [0.1, 0.15) is 0 Å². The normalized spacial score (nSPS) is 17.0. The first-order valence-electron chi connectivity index (χ1n) is 8.21. The zero-order chi connectivity index (χ0) is 17.0. The second kappa shape index (κ2) is 7.64. The molecule has 2 heterocycles. The molecule has 0 aliphatic carbocycles. The van der Waals surface area contributed by atoms with E-state index in [1.54, 1.807) is 0 Å². The maximum atomic E-state index is 12.4. The predicted octanol–water partition coefficient (Wildman–Crippen LogP) is 1.98. The van der Waals surface area contributed by atoms with E-state index >= 15 is 0 Å². The number of ether oxygens (including phenoxy) is 1. The molecule has 0 saturated carbocycles. The van der Waals surface area contributed by atoms with E-state index in [-0.39, 0.29) is 18.4 Å². The van der Waals surface area contributed by atoms with Crippen LogP contribution in [0.4, 0.5) is 0 Å². The predicted molar refractivity (Wildman–Crippen MR) is 86.6 cm³/mol. The highest BCUT2D eigenvalue weighted by atomic mass is 16.5. The molecule has 1 aliphatic rings. The number of nitrogens with one attached hydrogen (secondary N) is 1. The number of carboxylic acid groups (broad SMARTS) is 1. The summed E-state index contributed by atoms with van der Waals surface area (Å²) in [7, 11) is 0. The van der Waals surface area contributed by atoms with Gasteiger partial charge in [-0.1, -0.05) is 0 Å². The SMILES string of the molecule is CCn1c(C)cc(C(=O)NCC(C(=O)O)C2CCOCC2)c1C. The highest BCUT2D eigenvalue weighted by Crippen LogP contribution is 2.24. The summed E-state index contributed by atoms with van der Waals surface area (Å²) in [4.78, 5) is 23.9. The summed E-state index contributed by atoms with van der Waals surface area (Å²) in [5.41, 5.74) is 2.58. The summed E-state index contributed by atoms with van der Waals surface area (Å²) in [6.07, 6.45) is 1.47. The number of carbonyl (C=O) groups excluding carboxylic acids is 1. The van der Waals surface area contributed by atoms with Crippen LogP contribution in [0.1, 0.15) is 41.5 Å². The molecule has 1 aliphatic heterocycles. The Morgan fingerprint density at radius 1 is 1.39 bits per heavy atom. The fourth-order valence-corrected chi connectivity index (χ4v) is 3.39. The zero-order valence-electron chi connectivity index (χ0n) is 14.1. The molecule has 1 aromatic rings. The van der Waals surface area contributed by atoms with E-state index in [4.69, 9.17) is 4.74 Å². The second-order valence-corrected chi connectivity index (χ2v) is 6.13. The molecular weight excluding hydrogens is 296 g/mol. The monoisotopic (exact) mass is 322 g/mol. The molecule has 6 heteroatoms. The number of carboxylic acids is 1. The van der Waals surface area contributed by atoms with Crippen LogP contribution in [0.25, 0.3) is 0 Å². The van der Waals surface area contributed by atoms with Crippen LogP contribution in [0.15, 0.2) is 6.07 Å². The van der Waals surface area contributed by atoms with Gasteiger partial charge in [0.2, 0.25) is 0 Å². The van der Waals surface area contributed by atoms with Crippen LogP contribution in [0, 0.1) is 25.7 Å². The van der Waals surface area contributed by atoms with Crippen molar-refractivity contribution in [1.82, 2.24) is 9.88 Å². The van der Waals surface area contributed by atoms with Crippen LogP contribution >= 0.6 is 0 Å². The molecule has 1 aromatic heterocycles. The fraction of sp³-hybridized carbons (Fsp3) is 0.647. The molecule has 1 amide bonds. The van der Waals surface area contributed by atoms with E-state index in [2.05, 4.69) is 9.88 Å². The van der Waals surface area contributed by atoms with Crippen LogP contribution < -0.4 is 5.32 Å². The molecule has 0 bridgehead atoms. The average molecular weight is 322 g/mol. The third-order valence-corrected chi connectivity index (χ3v) is 4.77. The van der Waals surface area contributed by atoms with Gasteiger partial charge in [-0.3, -0.25) is 9.59 Å². The molecule has 0 aromatic carbocycles. The van der Waals surface area contributed by atoms with Gasteiger partial charge in [0.15, 0.2) is 0 Å². The van der Waals surface area contributed by atoms with Crippen molar-refractivity contribution in [1.29, 1.82) is 0 Å². The maximum Gasteiger partial charge on any atom is 0.308 e. The minimum atomic E-state index is -0.851. The zero-order valence-corrected chi connectivity index (χ0v) is 14.1. The van der Waals surface area contributed by atoms with Crippen LogP contribution in [-0.2, 0) is 16.1 Å². The van der Waals surface area contributed by atoms with E-state index in [1.165, 1.54) is 0 Å². The van der Waals surface area contributed by atoms with Gasteiger partial charge in [-0.25, -0.2) is 0 Å². The Morgan fingerprint density at radius 2 is 2.04 bits per heavy atom. The lowest BCUT2D eigenvalue weighted by Gasteiger charge is -2.27. The van der Waals surface area contributed by atoms with Crippen molar-refractivity contribution < 1.29 is 19.4 Å². The van der Waals surface area contributed by atoms with Gasteiger partial charge in [-0.05, 0) is 45.6 Å². The largest absolute Gasteiger partial charge is 0.481 e. The number of carbonyl (C=O) groups is 2. The van der Waals surface area contributed by atoms with Gasteiger partial charge < -0.3 is 19.7 Å². The van der Waals surface area contributed by atoms with E-state index in [1.807, 2.05) is 26.8 Å². The minimum Gasteiger partial charge on any atom is -0.481 e. The molecule has 2 rings (SSSR count). The van der Waals surface area contributed by atoms with Crippen LogP contribution in [0.2, 0.25) is 0 Å². The number of hydrogen-bond donors (Lipinski definition) is 2. The molecule has 2 N–H and O–H groups in total. The van der Waals surface area contributed by atoms with Crippen molar-refractivity contribution in [2.24, 2.45) is 11.8 Å². The summed E-state index contributed by atoms with van der Waals surface area (Å²) < 4.78 is 7.36. The van der Waals surface area contributed by atoms with Gasteiger partial charge in [0.25, 0.3) is 5.91 Å². The molecule has 6 nitrogen and oxygen atoms in total. The Kier molecular flexibility index (Phi) is 5.82. The lowest BCUT2D eigenvalue weighted by molar-refractivity contribution is -0.144. The number of hydrogen-bond acceptors (Lipinski definition) is 3. The Hall–Kier alpha value is -1.82. The number of aliphatic carboxylic acids is 1. The summed E-state index contributed by atoms with van der Waals surface area (Å²) in [5, 5.41) is 12.3. The smallest absolute Gasteiger partial charge is 0.308 e. The van der Waals surface area contributed by atoms with Crippen LogP contribution in [0.3, 0.4) is 0 Å². The molecule has 1 atom stereocenters. The first kappa shape index (κ1) is 17.5. The lowest BCUT2D eigenvalue weighted by atomic mass is 9.86. The Bertz CT molecular complexity index is 573. The molecule has 1 fully saturated rings. The van der Waals surface area contributed by atoms with E-state index in [0.717, 1.165) is 30.8 Å². The highest BCUT2D eigenvalue weighted by molar-refractivity contribution is 5.95. The van der Waals surface area contributed by atoms with Gasteiger partial charge in [0, 0.05) is 37.7 Å². The summed E-state index contributed by atoms with van der Waals surface area (Å²) in [6.45, 7) is 8.08. The van der Waals surface area contributed by atoms with Gasteiger partial charge in [0.05, 0.1) is 11.5 Å². The Balaban J connectivity index is 2.03. The standard InChI is InChI=1S/C17H26N2O4/c1-4-19-11(2)9-14(12(19)3)16(20)18-10-15(17(21)22)13-5-7-23-8-6-13/h9,13,15H,4-8,10H2,1-3H3,(H,18,20)(H,21,22). The third-order valence-electron chi connectivity index (χ3n) is 4.77. The van der Waals surface area contributed by atoms with Crippen LogP contribution in [-0.4, -0.2) is 41.3 Å². The van der Waals surface area contributed by atoms with Crippen molar-refractivity contribution in [3.05, 3.63) is 23.0 Å². The highest BCUT2D eigenvalue weighted by Gasteiger charge is 2.30. The van der Waals surface area contributed by atoms with E-state index in [9.17, 15) is 14.7 Å². The van der Waals surface area contributed by atoms with E-state index < -0.39 is 11.9 Å². The van der Waals surface area contributed by atoms with Gasteiger partial charge >= 0.3 is 5.97 Å². The molecular formula is C17H26N2O4. The lowest BCUT2D eigenvalue weighted by Crippen LogP contribution is -2.39. The first-order valence-corrected chi connectivity index (χ1v) is 8.21. The fourth-order valence-electron chi connectivity index (χ4n) is 3.39. The van der Waals surface area contributed by atoms with Gasteiger partial charge in [-0.2, -0.15) is 0 Å². The minimum absolute atomic E-state index is 0.0598. The summed E-state index contributed by atoms with van der Waals surface area (Å²) in [6, 6.07) is 1.86. The quantitative estimate of drug-likeness (QED) is 0.839. The van der Waals surface area contributed by atoms with Crippen molar-refractivity contribution >= 4 is 11.9 Å². The van der Waals surface area contributed by atoms with Crippen molar-refractivity contribution in [2.45, 2.75) is 40.2 Å². The van der Waals surface area contributed by atoms with Crippen molar-refractivity contribution in [3.8, 4) is 0 Å². The molecule has 1 unspecified atom stereocenters. The summed E-state index contributed by atoms with van der Waals surface area (Å²) >= 11 is 0. The second-order valence-electron chi connectivity index (χ2n) is 6.13.